The van der Waals surface area contributed by atoms with Gasteiger partial charge in [-0.05, 0) is 32.1 Å². The Morgan fingerprint density at radius 3 is 2.80 bits per heavy atom. The summed E-state index contributed by atoms with van der Waals surface area (Å²) < 4.78 is 14.0. The van der Waals surface area contributed by atoms with E-state index in [4.69, 9.17) is 9.47 Å². The van der Waals surface area contributed by atoms with E-state index in [9.17, 15) is 0 Å². The lowest BCUT2D eigenvalue weighted by Gasteiger charge is -1.97. The number of ether oxygens (including phenoxy) is 2. The molecule has 0 fully saturated rings. The molecule has 1 aromatic heterocycles. The Morgan fingerprint density at radius 1 is 1.25 bits per heavy atom. The van der Waals surface area contributed by atoms with E-state index in [-0.39, 0.29) is 0 Å². The molecule has 4 heteroatoms. The Labute approximate surface area is 123 Å². The zero-order chi connectivity index (χ0) is 14.4. The van der Waals surface area contributed by atoms with Crippen molar-refractivity contribution in [1.82, 2.24) is 0 Å². The van der Waals surface area contributed by atoms with Crippen LogP contribution < -0.4 is 9.30 Å². The van der Waals surface area contributed by atoms with E-state index in [0.29, 0.717) is 6.61 Å². The highest BCUT2D eigenvalue weighted by Gasteiger charge is 2.17. The summed E-state index contributed by atoms with van der Waals surface area (Å²) in [4.78, 5) is 0. The number of aromatic nitrogens is 1. The Morgan fingerprint density at radius 2 is 2.10 bits per heavy atom. The van der Waals surface area contributed by atoms with Crippen molar-refractivity contribution in [3.63, 3.8) is 0 Å². The highest BCUT2D eigenvalue weighted by atomic mass is 32.1. The van der Waals surface area contributed by atoms with Gasteiger partial charge in [0.2, 0.25) is 5.52 Å². The topological polar surface area (TPSA) is 22.3 Å². The summed E-state index contributed by atoms with van der Waals surface area (Å²) in [5.41, 5.74) is 1.21. The average Bonchev–Trinajstić information content (AvgIpc) is 2.83. The van der Waals surface area contributed by atoms with Crippen LogP contribution in [-0.2, 0) is 11.3 Å². The smallest absolute Gasteiger partial charge is 0.262 e. The van der Waals surface area contributed by atoms with Crippen LogP contribution in [0.2, 0.25) is 0 Å². The van der Waals surface area contributed by atoms with E-state index in [1.54, 1.807) is 24.7 Å². The van der Waals surface area contributed by atoms with Crippen molar-refractivity contribution in [2.75, 3.05) is 13.7 Å². The molecule has 0 amide bonds. The molecule has 3 nitrogen and oxygen atoms in total. The summed E-state index contributed by atoms with van der Waals surface area (Å²) in [6, 6.07) is 6.20. The van der Waals surface area contributed by atoms with Gasteiger partial charge in [-0.25, -0.2) is 0 Å². The molecule has 2 aromatic rings. The molecule has 106 valence electrons. The molecule has 0 saturated heterocycles. The zero-order valence-corrected chi connectivity index (χ0v) is 12.9. The molecule has 0 spiro atoms. The fourth-order valence-corrected chi connectivity index (χ4v) is 3.11. The van der Waals surface area contributed by atoms with Crippen LogP contribution in [-0.4, -0.2) is 13.7 Å². The number of benzene rings is 1. The summed E-state index contributed by atoms with van der Waals surface area (Å²) in [5.74, 6) is 0.893. The maximum absolute atomic E-state index is 5.30. The predicted octanol–water partition coefficient (Wildman–Crippen LogP) is 3.78. The average molecular weight is 290 g/mol. The lowest BCUT2D eigenvalue weighted by Crippen LogP contribution is -2.33. The van der Waals surface area contributed by atoms with E-state index in [1.165, 1.54) is 15.2 Å². The maximum atomic E-state index is 5.30. The van der Waals surface area contributed by atoms with Crippen LogP contribution in [0.3, 0.4) is 0 Å². The molecule has 0 unspecified atom stereocenters. The number of methoxy groups -OCH3 is 1. The molecular formula is C16H20NO2S+. The lowest BCUT2D eigenvalue weighted by atomic mass is 10.3. The predicted molar refractivity (Wildman–Crippen MR) is 84.0 cm³/mol. The second-order valence-electron chi connectivity index (χ2n) is 4.16. The van der Waals surface area contributed by atoms with E-state index in [1.807, 2.05) is 25.1 Å². The third-order valence-electron chi connectivity index (χ3n) is 2.95. The van der Waals surface area contributed by atoms with Gasteiger partial charge in [0.1, 0.15) is 17.0 Å². The van der Waals surface area contributed by atoms with Crippen molar-refractivity contribution in [2.24, 2.45) is 0 Å². The highest BCUT2D eigenvalue weighted by molar-refractivity contribution is 7.18. The molecular weight excluding hydrogens is 270 g/mol. The van der Waals surface area contributed by atoms with E-state index in [0.717, 1.165) is 12.3 Å². The molecule has 0 aliphatic heterocycles. The van der Waals surface area contributed by atoms with Crippen molar-refractivity contribution in [2.45, 2.75) is 20.4 Å². The molecule has 0 atom stereocenters. The molecule has 1 heterocycles. The van der Waals surface area contributed by atoms with Gasteiger partial charge in [0.25, 0.3) is 5.01 Å². The molecule has 0 bridgehead atoms. The van der Waals surface area contributed by atoms with Crippen LogP contribution in [0.15, 0.2) is 36.6 Å². The first-order valence-electron chi connectivity index (χ1n) is 6.75. The fraction of sp³-hybridized carbons (Fsp3) is 0.312. The maximum Gasteiger partial charge on any atom is 0.262 e. The minimum Gasteiger partial charge on any atom is -0.501 e. The normalized spacial score (nSPS) is 11.8. The number of hydrogen-bond donors (Lipinski definition) is 0. The third-order valence-corrected chi connectivity index (χ3v) is 4.08. The Kier molecular flexibility index (Phi) is 5.18. The standard InChI is InChI=1S/C16H20NO2S/c1-4-17-14-12-13(18-3)9-10-15(14)20-16(17)8-6-7-11-19-5-2/h6-12H,4-5H2,1-3H3/q+1/b8-6+,11-7+. The van der Waals surface area contributed by atoms with Crippen LogP contribution >= 0.6 is 11.3 Å². The number of thiazole rings is 1. The van der Waals surface area contributed by atoms with E-state index >= 15 is 0 Å². The van der Waals surface area contributed by atoms with Crippen LogP contribution in [0.5, 0.6) is 5.75 Å². The van der Waals surface area contributed by atoms with Gasteiger partial charge >= 0.3 is 0 Å². The third kappa shape index (κ3) is 3.20. The number of allylic oxidation sites excluding steroid dienone is 2. The van der Waals surface area contributed by atoms with Gasteiger partial charge in [0.05, 0.1) is 26.0 Å². The fourth-order valence-electron chi connectivity index (χ4n) is 1.99. The van der Waals surface area contributed by atoms with Crippen LogP contribution in [0.4, 0.5) is 0 Å². The molecule has 0 N–H and O–H groups in total. The van der Waals surface area contributed by atoms with E-state index in [2.05, 4.69) is 29.7 Å². The SMILES string of the molecule is CCO/C=C/C=C/c1sc2ccc(OC)cc2[n+]1CC. The molecule has 0 saturated carbocycles. The quantitative estimate of drug-likeness (QED) is 0.459. The summed E-state index contributed by atoms with van der Waals surface area (Å²) >= 11 is 1.78. The lowest BCUT2D eigenvalue weighted by molar-refractivity contribution is -0.665. The van der Waals surface area contributed by atoms with Crippen LogP contribution in [0.25, 0.3) is 16.3 Å². The highest BCUT2D eigenvalue weighted by Crippen LogP contribution is 2.25. The van der Waals surface area contributed by atoms with Crippen LogP contribution in [0, 0.1) is 0 Å². The number of nitrogens with zero attached hydrogens (tertiary/aromatic N) is 1. The monoisotopic (exact) mass is 290 g/mol. The Balaban J connectivity index is 2.33. The molecule has 20 heavy (non-hydrogen) atoms. The molecule has 1 aromatic carbocycles. The molecule has 0 aliphatic carbocycles. The van der Waals surface area contributed by atoms with Crippen LogP contribution in [0.1, 0.15) is 18.9 Å². The Hall–Kier alpha value is -1.81. The first-order chi connectivity index (χ1) is 9.80. The van der Waals surface area contributed by atoms with Crippen molar-refractivity contribution in [3.8, 4) is 5.75 Å². The molecule has 2 rings (SSSR count). The van der Waals surface area contributed by atoms with E-state index < -0.39 is 0 Å². The van der Waals surface area contributed by atoms with Gasteiger partial charge in [0.15, 0.2) is 0 Å². The number of rotatable bonds is 6. The van der Waals surface area contributed by atoms with Crippen molar-refractivity contribution in [1.29, 1.82) is 0 Å². The minimum atomic E-state index is 0.696. The Bertz CT molecular complexity index is 629. The van der Waals surface area contributed by atoms with Gasteiger partial charge in [0, 0.05) is 6.08 Å². The van der Waals surface area contributed by atoms with Crippen molar-refractivity contribution in [3.05, 3.63) is 41.6 Å². The first kappa shape index (κ1) is 14.6. The first-order valence-corrected chi connectivity index (χ1v) is 7.57. The van der Waals surface area contributed by atoms with Gasteiger partial charge in [-0.1, -0.05) is 17.4 Å². The minimum absolute atomic E-state index is 0.696. The molecule has 0 radical (unpaired) electrons. The number of aryl methyl sites for hydroxylation is 1. The second-order valence-corrected chi connectivity index (χ2v) is 5.22. The van der Waals surface area contributed by atoms with Gasteiger partial charge in [-0.15, -0.1) is 0 Å². The second kappa shape index (κ2) is 7.10. The van der Waals surface area contributed by atoms with Gasteiger partial charge in [-0.2, -0.15) is 4.57 Å². The van der Waals surface area contributed by atoms with Gasteiger partial charge in [-0.3, -0.25) is 0 Å². The summed E-state index contributed by atoms with van der Waals surface area (Å²) in [6.45, 7) is 5.75. The number of fused-ring (bicyclic) bond motifs is 1. The summed E-state index contributed by atoms with van der Waals surface area (Å²) in [7, 11) is 1.70. The summed E-state index contributed by atoms with van der Waals surface area (Å²) in [6.07, 6.45) is 7.73. The van der Waals surface area contributed by atoms with Crippen molar-refractivity contribution >= 4 is 27.6 Å². The largest absolute Gasteiger partial charge is 0.501 e. The zero-order valence-electron chi connectivity index (χ0n) is 12.1. The van der Waals surface area contributed by atoms with Crippen molar-refractivity contribution < 1.29 is 14.0 Å². The summed E-state index contributed by atoms with van der Waals surface area (Å²) in [5, 5.41) is 1.22. The molecule has 0 aliphatic rings. The van der Waals surface area contributed by atoms with Gasteiger partial charge < -0.3 is 9.47 Å². The number of hydrogen-bond acceptors (Lipinski definition) is 3.